The van der Waals surface area contributed by atoms with Crippen molar-refractivity contribution in [3.8, 4) is 0 Å². The summed E-state index contributed by atoms with van der Waals surface area (Å²) in [4.78, 5) is 2.36. The Morgan fingerprint density at radius 2 is 2.15 bits per heavy atom. The summed E-state index contributed by atoms with van der Waals surface area (Å²) in [6.07, 6.45) is 2.86. The number of aliphatic hydroxyl groups excluding tert-OH is 2. The summed E-state index contributed by atoms with van der Waals surface area (Å²) >= 11 is 0. The number of hydrogen-bond donors (Lipinski definition) is 2. The average Bonchev–Trinajstić information content (AvgIpc) is 2.83. The molecule has 1 aromatic carbocycles. The van der Waals surface area contributed by atoms with Crippen LogP contribution < -0.4 is 0 Å². The van der Waals surface area contributed by atoms with Gasteiger partial charge in [-0.2, -0.15) is 0 Å². The van der Waals surface area contributed by atoms with Gasteiger partial charge in [-0.05, 0) is 36.9 Å². The second-order valence-corrected chi connectivity index (χ2v) is 5.77. The largest absolute Gasteiger partial charge is 0.394 e. The fraction of sp³-hybridized carbons (Fsp3) is 0.625. The zero-order valence-corrected chi connectivity index (χ0v) is 11.7. The van der Waals surface area contributed by atoms with Gasteiger partial charge in [0, 0.05) is 12.6 Å². The molecule has 3 unspecified atom stereocenters. The van der Waals surface area contributed by atoms with Gasteiger partial charge in [-0.1, -0.05) is 24.3 Å². The van der Waals surface area contributed by atoms with E-state index in [1.807, 2.05) is 18.2 Å². The van der Waals surface area contributed by atoms with E-state index >= 15 is 0 Å². The minimum Gasteiger partial charge on any atom is -0.394 e. The van der Waals surface area contributed by atoms with Crippen molar-refractivity contribution in [1.82, 2.24) is 4.90 Å². The molecule has 3 rings (SSSR count). The summed E-state index contributed by atoms with van der Waals surface area (Å²) in [5.74, 6) is 0. The molecule has 1 aromatic rings. The van der Waals surface area contributed by atoms with Crippen LogP contribution in [-0.2, 0) is 11.2 Å². The number of nitrogens with zero attached hydrogens (tertiary/aromatic N) is 1. The third-order valence-electron chi connectivity index (χ3n) is 4.49. The lowest BCUT2D eigenvalue weighted by molar-refractivity contribution is -0.0407. The Morgan fingerprint density at radius 3 is 2.95 bits per heavy atom. The quantitative estimate of drug-likeness (QED) is 0.866. The summed E-state index contributed by atoms with van der Waals surface area (Å²) in [6.45, 7) is 2.37. The number of ether oxygens (including phenoxy) is 1. The van der Waals surface area contributed by atoms with Crippen LogP contribution in [0.5, 0.6) is 0 Å². The summed E-state index contributed by atoms with van der Waals surface area (Å²) in [6, 6.07) is 8.35. The Hall–Kier alpha value is -0.940. The summed E-state index contributed by atoms with van der Waals surface area (Å²) in [5.41, 5.74) is 2.35. The Labute approximate surface area is 120 Å². The van der Waals surface area contributed by atoms with Gasteiger partial charge in [0.05, 0.1) is 25.4 Å². The number of likely N-dealkylation sites (tertiary alicyclic amines) is 1. The molecule has 0 radical (unpaired) electrons. The second kappa shape index (κ2) is 6.22. The summed E-state index contributed by atoms with van der Waals surface area (Å²) in [7, 11) is 0. The zero-order valence-electron chi connectivity index (χ0n) is 11.7. The van der Waals surface area contributed by atoms with Gasteiger partial charge in [0.15, 0.2) is 0 Å². The van der Waals surface area contributed by atoms with E-state index in [1.165, 1.54) is 5.56 Å². The first-order valence-corrected chi connectivity index (χ1v) is 7.52. The van der Waals surface area contributed by atoms with Crippen LogP contribution in [0.2, 0.25) is 0 Å². The number of piperidine rings is 1. The lowest BCUT2D eigenvalue weighted by atomic mass is 10.0. The molecule has 0 bridgehead atoms. The highest BCUT2D eigenvalue weighted by atomic mass is 16.5. The maximum Gasteiger partial charge on any atom is 0.0951 e. The molecule has 0 amide bonds. The van der Waals surface area contributed by atoms with Crippen molar-refractivity contribution in [2.75, 3.05) is 26.3 Å². The monoisotopic (exact) mass is 277 g/mol. The Kier molecular flexibility index (Phi) is 4.36. The topological polar surface area (TPSA) is 52.9 Å². The average molecular weight is 277 g/mol. The van der Waals surface area contributed by atoms with Crippen LogP contribution in [0, 0.1) is 0 Å². The molecule has 3 atom stereocenters. The third-order valence-corrected chi connectivity index (χ3v) is 4.49. The van der Waals surface area contributed by atoms with Crippen molar-refractivity contribution >= 4 is 0 Å². The first-order valence-electron chi connectivity index (χ1n) is 7.52. The molecule has 0 saturated carbocycles. The maximum absolute atomic E-state index is 10.5. The molecule has 1 fully saturated rings. The van der Waals surface area contributed by atoms with Crippen molar-refractivity contribution in [2.24, 2.45) is 0 Å². The third kappa shape index (κ3) is 2.74. The first kappa shape index (κ1) is 14.0. The molecule has 2 aliphatic rings. The van der Waals surface area contributed by atoms with Gasteiger partial charge in [0.2, 0.25) is 0 Å². The van der Waals surface area contributed by atoms with Crippen molar-refractivity contribution in [2.45, 2.75) is 37.5 Å². The standard InChI is InChI=1S/C16H23NO3/c18-8-9-20-13-5-3-7-17(11-13)15-10-12-4-1-2-6-14(12)16(15)19/h1-2,4,6,13,15-16,18-19H,3,5,7-11H2. The second-order valence-electron chi connectivity index (χ2n) is 5.77. The van der Waals surface area contributed by atoms with Crippen LogP contribution in [0.4, 0.5) is 0 Å². The SMILES string of the molecule is OCCOC1CCCN(C2Cc3ccccc3C2O)C1. The van der Waals surface area contributed by atoms with Crippen LogP contribution in [0.25, 0.3) is 0 Å². The van der Waals surface area contributed by atoms with E-state index in [1.54, 1.807) is 0 Å². The summed E-state index contributed by atoms with van der Waals surface area (Å²) < 4.78 is 5.66. The minimum absolute atomic E-state index is 0.0774. The van der Waals surface area contributed by atoms with Crippen LogP contribution in [0.15, 0.2) is 24.3 Å². The number of aliphatic hydroxyl groups is 2. The molecule has 0 aromatic heterocycles. The highest BCUT2D eigenvalue weighted by Gasteiger charge is 2.36. The van der Waals surface area contributed by atoms with Gasteiger partial charge < -0.3 is 14.9 Å². The predicted octanol–water partition coefficient (Wildman–Crippen LogP) is 1.12. The number of hydrogen-bond acceptors (Lipinski definition) is 4. The van der Waals surface area contributed by atoms with Crippen molar-refractivity contribution in [3.63, 3.8) is 0 Å². The van der Waals surface area contributed by atoms with Gasteiger partial charge >= 0.3 is 0 Å². The molecule has 4 heteroatoms. The van der Waals surface area contributed by atoms with Crippen LogP contribution in [-0.4, -0.2) is 53.6 Å². The smallest absolute Gasteiger partial charge is 0.0951 e. The van der Waals surface area contributed by atoms with E-state index in [0.29, 0.717) is 6.61 Å². The minimum atomic E-state index is -0.386. The molecule has 0 spiro atoms. The maximum atomic E-state index is 10.5. The van der Waals surface area contributed by atoms with E-state index in [2.05, 4.69) is 11.0 Å². The predicted molar refractivity (Wildman–Crippen MR) is 76.5 cm³/mol. The fourth-order valence-corrected chi connectivity index (χ4v) is 3.50. The fourth-order valence-electron chi connectivity index (χ4n) is 3.50. The van der Waals surface area contributed by atoms with E-state index in [9.17, 15) is 5.11 Å². The van der Waals surface area contributed by atoms with E-state index in [-0.39, 0.29) is 24.9 Å². The van der Waals surface area contributed by atoms with Crippen LogP contribution in [0.3, 0.4) is 0 Å². The number of benzene rings is 1. The van der Waals surface area contributed by atoms with Crippen molar-refractivity contribution < 1.29 is 14.9 Å². The Balaban J connectivity index is 1.65. The van der Waals surface area contributed by atoms with Gasteiger partial charge in [0.1, 0.15) is 0 Å². The van der Waals surface area contributed by atoms with Gasteiger partial charge in [-0.3, -0.25) is 4.90 Å². The van der Waals surface area contributed by atoms with E-state index in [0.717, 1.165) is 37.9 Å². The normalized spacial score (nSPS) is 30.4. The Bertz CT molecular complexity index is 451. The summed E-state index contributed by atoms with van der Waals surface area (Å²) in [5, 5.41) is 19.4. The highest BCUT2D eigenvalue weighted by molar-refractivity contribution is 5.35. The first-order chi connectivity index (χ1) is 9.79. The lowest BCUT2D eigenvalue weighted by Crippen LogP contribution is -2.47. The number of rotatable bonds is 4. The molecule has 20 heavy (non-hydrogen) atoms. The van der Waals surface area contributed by atoms with E-state index < -0.39 is 0 Å². The van der Waals surface area contributed by atoms with Crippen LogP contribution >= 0.6 is 0 Å². The zero-order chi connectivity index (χ0) is 13.9. The molecule has 110 valence electrons. The molecular formula is C16H23NO3. The van der Waals surface area contributed by atoms with E-state index in [4.69, 9.17) is 9.84 Å². The van der Waals surface area contributed by atoms with Crippen LogP contribution in [0.1, 0.15) is 30.1 Å². The molecular weight excluding hydrogens is 254 g/mol. The highest BCUT2D eigenvalue weighted by Crippen LogP contribution is 2.35. The van der Waals surface area contributed by atoms with Gasteiger partial charge in [-0.25, -0.2) is 0 Å². The Morgan fingerprint density at radius 1 is 1.30 bits per heavy atom. The van der Waals surface area contributed by atoms with Crippen molar-refractivity contribution in [1.29, 1.82) is 0 Å². The van der Waals surface area contributed by atoms with Crippen molar-refractivity contribution in [3.05, 3.63) is 35.4 Å². The molecule has 4 nitrogen and oxygen atoms in total. The molecule has 1 heterocycles. The molecule has 1 saturated heterocycles. The van der Waals surface area contributed by atoms with Gasteiger partial charge in [0.25, 0.3) is 0 Å². The molecule has 1 aliphatic carbocycles. The van der Waals surface area contributed by atoms with Gasteiger partial charge in [-0.15, -0.1) is 0 Å². The lowest BCUT2D eigenvalue weighted by Gasteiger charge is -2.37. The molecule has 2 N–H and O–H groups in total. The number of fused-ring (bicyclic) bond motifs is 1. The molecule has 1 aliphatic heterocycles.